The highest BCUT2D eigenvalue weighted by Crippen LogP contribution is 2.13. The Morgan fingerprint density at radius 3 is 2.19 bits per heavy atom. The first-order valence-corrected chi connectivity index (χ1v) is 6.16. The standard InChI is InChI=1S/C12H23NO2.ClH/c1-3-15-12(14)11(2)13-9-7-5-4-6-8-10-13;/h11H,3-10H2,1-2H3;1H. The monoisotopic (exact) mass is 249 g/mol. The predicted octanol–water partition coefficient (Wildman–Crippen LogP) is 2.63. The summed E-state index contributed by atoms with van der Waals surface area (Å²) in [6.07, 6.45) is 6.37. The summed E-state index contributed by atoms with van der Waals surface area (Å²) in [7, 11) is 0. The van der Waals surface area contributed by atoms with Crippen molar-refractivity contribution in [2.24, 2.45) is 0 Å². The van der Waals surface area contributed by atoms with Crippen molar-refractivity contribution < 1.29 is 9.53 Å². The fourth-order valence-corrected chi connectivity index (χ4v) is 2.07. The van der Waals surface area contributed by atoms with Gasteiger partial charge in [-0.15, -0.1) is 12.4 Å². The Hall–Kier alpha value is -0.280. The summed E-state index contributed by atoms with van der Waals surface area (Å²) in [5, 5.41) is 0. The fourth-order valence-electron chi connectivity index (χ4n) is 2.07. The first-order chi connectivity index (χ1) is 7.25. The van der Waals surface area contributed by atoms with E-state index < -0.39 is 0 Å². The van der Waals surface area contributed by atoms with E-state index in [0.29, 0.717) is 6.61 Å². The SMILES string of the molecule is CCOC(=O)C(C)N1CCCCCCC1.Cl. The van der Waals surface area contributed by atoms with Crippen LogP contribution in [0.3, 0.4) is 0 Å². The summed E-state index contributed by atoms with van der Waals surface area (Å²) in [6.45, 7) is 6.38. The van der Waals surface area contributed by atoms with Crippen LogP contribution in [0.1, 0.15) is 46.0 Å². The quantitative estimate of drug-likeness (QED) is 0.721. The molecule has 0 aromatic heterocycles. The Morgan fingerprint density at radius 2 is 1.69 bits per heavy atom. The van der Waals surface area contributed by atoms with E-state index in [1.165, 1.54) is 32.1 Å². The maximum Gasteiger partial charge on any atom is 0.323 e. The Bertz CT molecular complexity index is 191. The van der Waals surface area contributed by atoms with Crippen LogP contribution in [0.2, 0.25) is 0 Å². The van der Waals surface area contributed by atoms with Crippen LogP contribution in [0, 0.1) is 0 Å². The van der Waals surface area contributed by atoms with E-state index in [1.807, 2.05) is 13.8 Å². The highest BCUT2D eigenvalue weighted by atomic mass is 35.5. The molecule has 1 rings (SSSR count). The lowest BCUT2D eigenvalue weighted by Crippen LogP contribution is -2.41. The molecule has 1 saturated heterocycles. The van der Waals surface area contributed by atoms with Gasteiger partial charge in [0.05, 0.1) is 6.61 Å². The molecule has 3 nitrogen and oxygen atoms in total. The Balaban J connectivity index is 0.00000225. The lowest BCUT2D eigenvalue weighted by atomic mass is 10.1. The minimum absolute atomic E-state index is 0. The molecule has 0 aromatic carbocycles. The normalized spacial score (nSPS) is 20.1. The van der Waals surface area contributed by atoms with Gasteiger partial charge >= 0.3 is 5.97 Å². The van der Waals surface area contributed by atoms with Crippen molar-refractivity contribution in [1.82, 2.24) is 4.90 Å². The second-order valence-electron chi connectivity index (χ2n) is 4.23. The van der Waals surface area contributed by atoms with Gasteiger partial charge in [0, 0.05) is 0 Å². The molecular formula is C12H24ClNO2. The molecular weight excluding hydrogens is 226 g/mol. The molecule has 0 aromatic rings. The zero-order chi connectivity index (χ0) is 11.1. The van der Waals surface area contributed by atoms with Crippen molar-refractivity contribution in [2.75, 3.05) is 19.7 Å². The van der Waals surface area contributed by atoms with Crippen molar-refractivity contribution >= 4 is 18.4 Å². The summed E-state index contributed by atoms with van der Waals surface area (Å²) in [5.74, 6) is -0.0712. The first-order valence-electron chi connectivity index (χ1n) is 6.16. The Kier molecular flexibility index (Phi) is 8.67. The predicted molar refractivity (Wildman–Crippen MR) is 68.0 cm³/mol. The third-order valence-corrected chi connectivity index (χ3v) is 3.07. The van der Waals surface area contributed by atoms with Crippen LogP contribution >= 0.6 is 12.4 Å². The molecule has 1 aliphatic rings. The largest absolute Gasteiger partial charge is 0.465 e. The van der Waals surface area contributed by atoms with Crippen molar-refractivity contribution in [2.45, 2.75) is 52.0 Å². The zero-order valence-electron chi connectivity index (χ0n) is 10.4. The molecule has 1 atom stereocenters. The molecule has 0 spiro atoms. The summed E-state index contributed by atoms with van der Waals surface area (Å²) >= 11 is 0. The molecule has 0 aliphatic carbocycles. The molecule has 1 fully saturated rings. The van der Waals surface area contributed by atoms with Crippen LogP contribution in [0.25, 0.3) is 0 Å². The molecule has 0 radical (unpaired) electrons. The third-order valence-electron chi connectivity index (χ3n) is 3.07. The average molecular weight is 250 g/mol. The first kappa shape index (κ1) is 15.7. The van der Waals surface area contributed by atoms with Gasteiger partial charge in [-0.25, -0.2) is 0 Å². The van der Waals surface area contributed by atoms with E-state index in [1.54, 1.807) is 0 Å². The van der Waals surface area contributed by atoms with Gasteiger partial charge in [0.1, 0.15) is 6.04 Å². The average Bonchev–Trinajstić information content (AvgIpc) is 2.16. The summed E-state index contributed by atoms with van der Waals surface area (Å²) in [4.78, 5) is 13.8. The number of ether oxygens (including phenoxy) is 1. The number of nitrogens with zero attached hydrogens (tertiary/aromatic N) is 1. The van der Waals surface area contributed by atoms with Gasteiger partial charge in [0.2, 0.25) is 0 Å². The van der Waals surface area contributed by atoms with Crippen LogP contribution in [0.15, 0.2) is 0 Å². The van der Waals surface area contributed by atoms with E-state index >= 15 is 0 Å². The number of hydrogen-bond acceptors (Lipinski definition) is 3. The number of halogens is 1. The minimum Gasteiger partial charge on any atom is -0.465 e. The van der Waals surface area contributed by atoms with Gasteiger partial charge < -0.3 is 4.74 Å². The molecule has 0 amide bonds. The van der Waals surface area contributed by atoms with Gasteiger partial charge in [-0.05, 0) is 39.8 Å². The second kappa shape index (κ2) is 8.82. The van der Waals surface area contributed by atoms with E-state index in [0.717, 1.165) is 13.1 Å². The number of carbonyl (C=O) groups excluding carboxylic acids is 1. The van der Waals surface area contributed by atoms with Crippen LogP contribution in [0.4, 0.5) is 0 Å². The number of hydrogen-bond donors (Lipinski definition) is 0. The highest BCUT2D eigenvalue weighted by molar-refractivity contribution is 5.85. The number of carbonyl (C=O) groups is 1. The molecule has 0 N–H and O–H groups in total. The van der Waals surface area contributed by atoms with Crippen LogP contribution in [0.5, 0.6) is 0 Å². The number of esters is 1. The van der Waals surface area contributed by atoms with Gasteiger partial charge in [0.25, 0.3) is 0 Å². The van der Waals surface area contributed by atoms with E-state index in [4.69, 9.17) is 4.74 Å². The van der Waals surface area contributed by atoms with Crippen molar-refractivity contribution in [3.05, 3.63) is 0 Å². The van der Waals surface area contributed by atoms with Crippen molar-refractivity contribution in [3.8, 4) is 0 Å². The van der Waals surface area contributed by atoms with E-state index in [-0.39, 0.29) is 24.4 Å². The molecule has 1 heterocycles. The summed E-state index contributed by atoms with van der Waals surface area (Å²) in [6, 6.07) is -0.0666. The van der Waals surface area contributed by atoms with E-state index in [2.05, 4.69) is 4.90 Å². The molecule has 0 bridgehead atoms. The molecule has 4 heteroatoms. The topological polar surface area (TPSA) is 29.5 Å². The van der Waals surface area contributed by atoms with Crippen molar-refractivity contribution in [3.63, 3.8) is 0 Å². The molecule has 1 unspecified atom stereocenters. The van der Waals surface area contributed by atoms with Gasteiger partial charge in [0.15, 0.2) is 0 Å². The molecule has 0 saturated carbocycles. The highest BCUT2D eigenvalue weighted by Gasteiger charge is 2.22. The van der Waals surface area contributed by atoms with Gasteiger partial charge in [-0.3, -0.25) is 9.69 Å². The molecule has 96 valence electrons. The Morgan fingerprint density at radius 1 is 1.19 bits per heavy atom. The summed E-state index contributed by atoms with van der Waals surface area (Å²) < 4.78 is 5.05. The molecule has 1 aliphatic heterocycles. The van der Waals surface area contributed by atoms with Crippen LogP contribution in [-0.2, 0) is 9.53 Å². The third kappa shape index (κ3) is 5.17. The maximum absolute atomic E-state index is 11.6. The lowest BCUT2D eigenvalue weighted by molar-refractivity contribution is -0.149. The van der Waals surface area contributed by atoms with Crippen molar-refractivity contribution in [1.29, 1.82) is 0 Å². The van der Waals surface area contributed by atoms with E-state index in [9.17, 15) is 4.79 Å². The van der Waals surface area contributed by atoms with Crippen LogP contribution < -0.4 is 0 Å². The maximum atomic E-state index is 11.6. The zero-order valence-corrected chi connectivity index (χ0v) is 11.2. The van der Waals surface area contributed by atoms with Gasteiger partial charge in [-0.2, -0.15) is 0 Å². The van der Waals surface area contributed by atoms with Gasteiger partial charge in [-0.1, -0.05) is 19.3 Å². The lowest BCUT2D eigenvalue weighted by Gasteiger charge is -2.28. The second-order valence-corrected chi connectivity index (χ2v) is 4.23. The fraction of sp³-hybridized carbons (Fsp3) is 0.917. The number of likely N-dealkylation sites (tertiary alicyclic amines) is 1. The minimum atomic E-state index is -0.0712. The van der Waals surface area contributed by atoms with Crippen LogP contribution in [-0.4, -0.2) is 36.6 Å². The number of rotatable bonds is 3. The Labute approximate surface area is 105 Å². The summed E-state index contributed by atoms with van der Waals surface area (Å²) in [5.41, 5.74) is 0. The molecule has 16 heavy (non-hydrogen) atoms. The smallest absolute Gasteiger partial charge is 0.323 e.